The van der Waals surface area contributed by atoms with Crippen LogP contribution in [0.4, 0.5) is 0 Å². The molecule has 16 atom stereocenters. The van der Waals surface area contributed by atoms with Crippen LogP contribution >= 0.6 is 0 Å². The fraction of sp³-hybridized carbons (Fsp3) is 0.814. The second-order valence-electron chi connectivity index (χ2n) is 15.9. The maximum Gasteiger partial charge on any atom is 0.115 e. The number of hydrogen-bond donors (Lipinski definition) is 4. The third-order valence-electron chi connectivity index (χ3n) is 13.1. The normalized spacial score (nSPS) is 38.6. The number of rotatable bonds is 23. The maximum absolute atomic E-state index is 10.7. The van der Waals surface area contributed by atoms with Crippen molar-refractivity contribution in [3.05, 3.63) is 48.6 Å². The lowest BCUT2D eigenvalue weighted by Crippen LogP contribution is -2.60. The van der Waals surface area contributed by atoms with Crippen LogP contribution in [-0.2, 0) is 33.2 Å². The van der Waals surface area contributed by atoms with Gasteiger partial charge in [0, 0.05) is 105 Å². The first-order valence-corrected chi connectivity index (χ1v) is 20.6. The lowest BCUT2D eigenvalue weighted by Gasteiger charge is -2.49. The zero-order valence-electron chi connectivity index (χ0n) is 35.2. The highest BCUT2D eigenvalue weighted by Crippen LogP contribution is 2.37. The van der Waals surface area contributed by atoms with Gasteiger partial charge in [0.1, 0.15) is 24.4 Å². The Kier molecular flexibility index (Phi) is 20.1. The second-order valence-corrected chi connectivity index (χ2v) is 15.9. The minimum atomic E-state index is -0.340. The Bertz CT molecular complexity index is 1190. The Balaban J connectivity index is 1.49. The Hall–Kier alpha value is -1.56. The van der Waals surface area contributed by atoms with E-state index >= 15 is 0 Å². The number of nitrogens with zero attached hydrogens (tertiary/aromatic N) is 2. The molecule has 4 aliphatic rings. The summed E-state index contributed by atoms with van der Waals surface area (Å²) in [6.07, 6.45) is 20.0. The van der Waals surface area contributed by atoms with Crippen LogP contribution in [0.1, 0.15) is 39.0 Å². The average Bonchev–Trinajstić information content (AvgIpc) is 3.24. The number of aliphatic hydroxyl groups is 4. The fourth-order valence-electron chi connectivity index (χ4n) is 10.1. The SMILES string of the molecule is CO[C@H]1[C@H](CO)[C@@H](N(CCCCCCCN(C2C=C[C@@H](CO)[C@@H](OC)[C@@H]2OC)[C@H]2C=C[C@@H](OC)[C@@H](CO)[C@@H]2CO)[C@H]2C=C[C@@H](OC)[C@@H](OC)[C@@H]2OC)C=C[C@H]1C. The summed E-state index contributed by atoms with van der Waals surface area (Å²) < 4.78 is 41.4. The van der Waals surface area contributed by atoms with Crippen molar-refractivity contribution in [2.24, 2.45) is 29.6 Å². The Morgan fingerprint density at radius 3 is 1.34 bits per heavy atom. The van der Waals surface area contributed by atoms with Crippen molar-refractivity contribution in [3.63, 3.8) is 0 Å². The number of methoxy groups -OCH3 is 7. The van der Waals surface area contributed by atoms with Crippen LogP contribution < -0.4 is 0 Å². The molecule has 0 fully saturated rings. The topological polar surface area (TPSA) is 152 Å². The van der Waals surface area contributed by atoms with Crippen molar-refractivity contribution < 1.29 is 53.6 Å². The molecular weight excluding hydrogens is 720 g/mol. The second kappa shape index (κ2) is 23.9. The molecular formula is C43H74N2O11. The minimum absolute atomic E-state index is 0.0116. The summed E-state index contributed by atoms with van der Waals surface area (Å²) in [6.45, 7) is 3.45. The third-order valence-corrected chi connectivity index (χ3v) is 13.1. The van der Waals surface area contributed by atoms with Crippen molar-refractivity contribution in [1.29, 1.82) is 0 Å². The van der Waals surface area contributed by atoms with Crippen LogP contribution in [0.5, 0.6) is 0 Å². The number of hydrogen-bond acceptors (Lipinski definition) is 13. The number of unbranched alkanes of at least 4 members (excludes halogenated alkanes) is 4. The van der Waals surface area contributed by atoms with E-state index in [1.807, 2.05) is 12.2 Å². The molecule has 0 amide bonds. The van der Waals surface area contributed by atoms with Crippen LogP contribution in [0.2, 0.25) is 0 Å². The van der Waals surface area contributed by atoms with E-state index in [1.54, 1.807) is 49.8 Å². The van der Waals surface area contributed by atoms with E-state index in [9.17, 15) is 20.4 Å². The van der Waals surface area contributed by atoms with Gasteiger partial charge < -0.3 is 53.6 Å². The summed E-state index contributed by atoms with van der Waals surface area (Å²) >= 11 is 0. The summed E-state index contributed by atoms with van der Waals surface area (Å²) in [5.41, 5.74) is 0. The quantitative estimate of drug-likeness (QED) is 0.0887. The van der Waals surface area contributed by atoms with Crippen molar-refractivity contribution in [2.45, 2.75) is 106 Å². The third kappa shape index (κ3) is 10.6. The van der Waals surface area contributed by atoms with Gasteiger partial charge in [-0.05, 0) is 25.9 Å². The van der Waals surface area contributed by atoms with Gasteiger partial charge >= 0.3 is 0 Å². The van der Waals surface area contributed by atoms with E-state index in [0.29, 0.717) is 0 Å². The summed E-state index contributed by atoms with van der Waals surface area (Å²) in [5, 5.41) is 41.9. The Morgan fingerprint density at radius 1 is 0.393 bits per heavy atom. The molecule has 0 radical (unpaired) electrons. The summed E-state index contributed by atoms with van der Waals surface area (Å²) in [5.74, 6) is -0.610. The molecule has 0 aromatic heterocycles. The number of aliphatic hydroxyl groups excluding tert-OH is 4. The first-order valence-electron chi connectivity index (χ1n) is 20.6. The molecule has 0 aromatic rings. The fourth-order valence-corrected chi connectivity index (χ4v) is 10.1. The molecule has 0 saturated heterocycles. The lowest BCUT2D eigenvalue weighted by molar-refractivity contribution is -0.128. The van der Waals surface area contributed by atoms with Crippen molar-refractivity contribution >= 4 is 0 Å². The molecule has 4 aliphatic carbocycles. The van der Waals surface area contributed by atoms with E-state index < -0.39 is 0 Å². The minimum Gasteiger partial charge on any atom is -0.396 e. The first kappa shape index (κ1) is 47.1. The van der Waals surface area contributed by atoms with Crippen LogP contribution in [0, 0.1) is 29.6 Å². The van der Waals surface area contributed by atoms with E-state index in [1.165, 1.54) is 0 Å². The average molecular weight is 795 g/mol. The molecule has 0 aliphatic heterocycles. The van der Waals surface area contributed by atoms with Crippen LogP contribution in [-0.4, -0.2) is 186 Å². The van der Waals surface area contributed by atoms with Gasteiger partial charge in [0.05, 0.1) is 43.6 Å². The van der Waals surface area contributed by atoms with E-state index in [-0.39, 0.29) is 123 Å². The van der Waals surface area contributed by atoms with Crippen molar-refractivity contribution in [3.8, 4) is 0 Å². The zero-order chi connectivity index (χ0) is 40.8. The highest BCUT2D eigenvalue weighted by molar-refractivity contribution is 5.19. The van der Waals surface area contributed by atoms with Gasteiger partial charge in [-0.2, -0.15) is 0 Å². The van der Waals surface area contributed by atoms with Gasteiger partial charge in [0.25, 0.3) is 0 Å². The maximum atomic E-state index is 10.7. The van der Waals surface area contributed by atoms with E-state index in [0.717, 1.165) is 45.2 Å². The van der Waals surface area contributed by atoms with Gasteiger partial charge in [0.2, 0.25) is 0 Å². The molecule has 0 spiro atoms. The molecule has 13 heteroatoms. The Morgan fingerprint density at radius 2 is 0.839 bits per heavy atom. The zero-order valence-corrected chi connectivity index (χ0v) is 35.2. The van der Waals surface area contributed by atoms with Gasteiger partial charge in [0.15, 0.2) is 0 Å². The predicted molar refractivity (Wildman–Crippen MR) is 215 cm³/mol. The number of ether oxygens (including phenoxy) is 7. The largest absolute Gasteiger partial charge is 0.396 e. The highest BCUT2D eigenvalue weighted by Gasteiger charge is 2.47. The highest BCUT2D eigenvalue weighted by atomic mass is 16.6. The molecule has 4 N–H and O–H groups in total. The molecule has 1 unspecified atom stereocenters. The van der Waals surface area contributed by atoms with E-state index in [4.69, 9.17) is 33.2 Å². The standard InChI is InChI=1S/C43H74N2O11/c1-28-14-16-34(32(27-49)39(28)52-4)45(36-19-21-38(51-3)43(56-8)42(36)55-7)23-13-11-9-10-12-22-44(33-18-20-37(50-2)31(26-48)30(33)25-47)35-17-15-29(24-46)40(53-5)41(35)54-6/h14-21,28-43,46-49H,9-13,22-27H2,1-8H3/t28-,29+,30+,31+,32-,33+,34+,35?,36+,37-,38-,39-,40-,41-,42-,43-/m1/s1. The van der Waals surface area contributed by atoms with Gasteiger partial charge in [-0.1, -0.05) is 74.8 Å². The van der Waals surface area contributed by atoms with E-state index in [2.05, 4.69) is 53.2 Å². The van der Waals surface area contributed by atoms with Crippen LogP contribution in [0.15, 0.2) is 48.6 Å². The van der Waals surface area contributed by atoms with Crippen molar-refractivity contribution in [1.82, 2.24) is 9.80 Å². The predicted octanol–water partition coefficient (Wildman–Crippen LogP) is 2.47. The molecule has 0 heterocycles. The van der Waals surface area contributed by atoms with Crippen LogP contribution in [0.3, 0.4) is 0 Å². The molecule has 4 rings (SSSR count). The molecule has 13 nitrogen and oxygen atoms in total. The summed E-state index contributed by atoms with van der Waals surface area (Å²) in [7, 11) is 11.8. The van der Waals surface area contributed by atoms with Crippen LogP contribution in [0.25, 0.3) is 0 Å². The molecule has 322 valence electrons. The van der Waals surface area contributed by atoms with Gasteiger partial charge in [-0.25, -0.2) is 0 Å². The summed E-state index contributed by atoms with van der Waals surface area (Å²) in [6, 6.07) is -0.487. The molecule has 0 bridgehead atoms. The molecule has 0 aromatic carbocycles. The Labute approximate surface area is 336 Å². The van der Waals surface area contributed by atoms with Crippen molar-refractivity contribution in [2.75, 3.05) is 89.3 Å². The van der Waals surface area contributed by atoms with Gasteiger partial charge in [-0.3, -0.25) is 9.80 Å². The smallest absolute Gasteiger partial charge is 0.115 e. The molecule has 56 heavy (non-hydrogen) atoms. The first-order chi connectivity index (χ1) is 27.3. The monoisotopic (exact) mass is 795 g/mol. The summed E-state index contributed by atoms with van der Waals surface area (Å²) in [4.78, 5) is 4.84. The van der Waals surface area contributed by atoms with Gasteiger partial charge in [-0.15, -0.1) is 0 Å². The lowest BCUT2D eigenvalue weighted by atomic mass is 9.76. The molecule has 0 saturated carbocycles.